The molecule has 3 aromatic carbocycles. The minimum absolute atomic E-state index is 0.0430. The molecule has 0 atom stereocenters. The Kier molecular flexibility index (Phi) is 7.06. The summed E-state index contributed by atoms with van der Waals surface area (Å²) in [5, 5.41) is 11.7. The molecule has 4 nitrogen and oxygen atoms in total. The van der Waals surface area contributed by atoms with Crippen LogP contribution in [0.25, 0.3) is 10.9 Å². The molecule has 0 saturated heterocycles. The molecule has 0 bridgehead atoms. The van der Waals surface area contributed by atoms with Crippen LogP contribution in [-0.4, -0.2) is 29.5 Å². The summed E-state index contributed by atoms with van der Waals surface area (Å²) in [5.74, 6) is -0.0430. The lowest BCUT2D eigenvalue weighted by Crippen LogP contribution is -2.21. The van der Waals surface area contributed by atoms with Gasteiger partial charge < -0.3 is 9.47 Å². The molecule has 0 aliphatic carbocycles. The van der Waals surface area contributed by atoms with Gasteiger partial charge in [-0.25, -0.2) is 0 Å². The molecule has 0 radical (unpaired) electrons. The van der Waals surface area contributed by atoms with Crippen LogP contribution in [0.5, 0.6) is 0 Å². The third-order valence-corrected chi connectivity index (χ3v) is 7.49. The molecule has 1 amide bonds. The molecule has 1 heterocycles. The van der Waals surface area contributed by atoms with Crippen LogP contribution in [0.15, 0.2) is 74.9 Å². The number of nitrogens with zero attached hydrogens (tertiary/aromatic N) is 3. The Balaban J connectivity index is 1.71. The highest BCUT2D eigenvalue weighted by Crippen LogP contribution is 2.37. The second-order valence-corrected chi connectivity index (χ2v) is 10.5. The monoisotopic (exact) mass is 557 g/mol. The molecule has 0 unspecified atom stereocenters. The normalized spacial score (nSPS) is 10.9. The van der Waals surface area contributed by atoms with Crippen LogP contribution in [0.2, 0.25) is 10.0 Å². The highest BCUT2D eigenvalue weighted by Gasteiger charge is 2.15. The Morgan fingerprint density at radius 1 is 1.03 bits per heavy atom. The average Bonchev–Trinajstić information content (AvgIpc) is 3.14. The van der Waals surface area contributed by atoms with Crippen LogP contribution in [0.3, 0.4) is 0 Å². The molecule has 0 spiro atoms. The van der Waals surface area contributed by atoms with E-state index in [0.29, 0.717) is 27.8 Å². The maximum absolute atomic E-state index is 12.2. The Hall–Kier alpha value is -2.43. The van der Waals surface area contributed by atoms with Gasteiger partial charge in [-0.2, -0.15) is 5.26 Å². The molecular weight excluding hydrogens is 541 g/mol. The van der Waals surface area contributed by atoms with E-state index in [9.17, 15) is 10.1 Å². The van der Waals surface area contributed by atoms with Crippen molar-refractivity contribution < 1.29 is 4.79 Å². The number of benzene rings is 3. The summed E-state index contributed by atoms with van der Waals surface area (Å²) >= 11 is 17.4. The fourth-order valence-corrected chi connectivity index (χ4v) is 5.49. The molecule has 33 heavy (non-hydrogen) atoms. The van der Waals surface area contributed by atoms with Gasteiger partial charge in [-0.05, 0) is 54.1 Å². The lowest BCUT2D eigenvalue weighted by molar-refractivity contribution is 0.0827. The Labute approximate surface area is 214 Å². The van der Waals surface area contributed by atoms with Crippen molar-refractivity contribution in [2.24, 2.45) is 0 Å². The Morgan fingerprint density at radius 3 is 2.39 bits per heavy atom. The topological polar surface area (TPSA) is 49.0 Å². The van der Waals surface area contributed by atoms with Crippen molar-refractivity contribution in [1.29, 1.82) is 5.26 Å². The number of hydrogen-bond donors (Lipinski definition) is 0. The molecular formula is C25H18BrCl2N3OS. The number of carbonyl (C=O) groups is 1. The molecule has 4 aromatic rings. The van der Waals surface area contributed by atoms with Crippen LogP contribution in [0.4, 0.5) is 0 Å². The number of rotatable bonds is 5. The summed E-state index contributed by atoms with van der Waals surface area (Å²) in [6.45, 7) is 0.510. The van der Waals surface area contributed by atoms with Gasteiger partial charge in [0.05, 0.1) is 15.6 Å². The summed E-state index contributed by atoms with van der Waals surface area (Å²) in [7, 11) is 3.46. The van der Waals surface area contributed by atoms with E-state index in [1.54, 1.807) is 36.8 Å². The number of nitriles is 1. The maximum Gasteiger partial charge on any atom is 0.253 e. The van der Waals surface area contributed by atoms with Gasteiger partial charge in [-0.3, -0.25) is 4.79 Å². The first kappa shape index (κ1) is 23.7. The SMILES string of the molecule is CN(C)C(=O)c1ccc(Cn2c(C#N)cc3c(Br)cc(Sc4ccc(Cl)c(Cl)c4)cc32)cc1. The fourth-order valence-electron chi connectivity index (χ4n) is 3.48. The second-order valence-electron chi connectivity index (χ2n) is 7.64. The third-order valence-electron chi connectivity index (χ3n) is 5.13. The quantitative estimate of drug-likeness (QED) is 0.255. The summed E-state index contributed by atoms with van der Waals surface area (Å²) in [6, 6.07) is 21.3. The number of halogens is 3. The first-order valence-electron chi connectivity index (χ1n) is 9.93. The molecule has 8 heteroatoms. The molecule has 4 rings (SSSR count). The van der Waals surface area contributed by atoms with Gasteiger partial charge in [0.25, 0.3) is 5.91 Å². The van der Waals surface area contributed by atoms with Crippen molar-refractivity contribution in [2.75, 3.05) is 14.1 Å². The predicted octanol–water partition coefficient (Wildman–Crippen LogP) is 7.48. The van der Waals surface area contributed by atoms with Gasteiger partial charge in [0.15, 0.2) is 0 Å². The summed E-state index contributed by atoms with van der Waals surface area (Å²) in [5.41, 5.74) is 3.13. The average molecular weight is 559 g/mol. The van der Waals surface area contributed by atoms with Gasteiger partial charge >= 0.3 is 0 Å². The number of aromatic nitrogens is 1. The molecule has 0 N–H and O–H groups in total. The first-order chi connectivity index (χ1) is 15.8. The van der Waals surface area contributed by atoms with Crippen LogP contribution in [0.1, 0.15) is 21.6 Å². The zero-order valence-corrected chi connectivity index (χ0v) is 21.7. The number of fused-ring (bicyclic) bond motifs is 1. The van der Waals surface area contributed by atoms with E-state index < -0.39 is 0 Å². The molecule has 0 fully saturated rings. The molecule has 166 valence electrons. The lowest BCUT2D eigenvalue weighted by atomic mass is 10.1. The van der Waals surface area contributed by atoms with Crippen LogP contribution in [0, 0.1) is 11.3 Å². The minimum Gasteiger partial charge on any atom is -0.345 e. The van der Waals surface area contributed by atoms with Crippen molar-refractivity contribution in [2.45, 2.75) is 16.3 Å². The number of amides is 1. The Morgan fingerprint density at radius 2 is 1.76 bits per heavy atom. The van der Waals surface area contributed by atoms with Crippen molar-refractivity contribution in [1.82, 2.24) is 9.47 Å². The second kappa shape index (κ2) is 9.82. The van der Waals surface area contributed by atoms with Gasteiger partial charge in [0.2, 0.25) is 0 Å². The smallest absolute Gasteiger partial charge is 0.253 e. The molecule has 0 aliphatic rings. The van der Waals surface area contributed by atoms with E-state index in [1.807, 2.05) is 53.1 Å². The highest BCUT2D eigenvalue weighted by atomic mass is 79.9. The van der Waals surface area contributed by atoms with Crippen LogP contribution < -0.4 is 0 Å². The summed E-state index contributed by atoms with van der Waals surface area (Å²) in [6.07, 6.45) is 0. The lowest BCUT2D eigenvalue weighted by Gasteiger charge is -2.12. The van der Waals surface area contributed by atoms with E-state index in [1.165, 1.54) is 0 Å². The van der Waals surface area contributed by atoms with Gasteiger partial charge in [0, 0.05) is 45.9 Å². The standard InChI is InChI=1S/C25H18BrCl2N3OS/c1-30(2)25(32)16-5-3-15(4-6-16)14-31-17(13-29)9-20-21(26)10-19(12-24(20)31)33-18-7-8-22(27)23(28)11-18/h3-12H,14H2,1-2H3. The van der Waals surface area contributed by atoms with Crippen LogP contribution in [-0.2, 0) is 6.54 Å². The van der Waals surface area contributed by atoms with E-state index in [2.05, 4.69) is 28.1 Å². The number of hydrogen-bond acceptors (Lipinski definition) is 3. The van der Waals surface area contributed by atoms with E-state index >= 15 is 0 Å². The van der Waals surface area contributed by atoms with Crippen LogP contribution >= 0.6 is 50.9 Å². The van der Waals surface area contributed by atoms with E-state index in [-0.39, 0.29) is 5.91 Å². The summed E-state index contributed by atoms with van der Waals surface area (Å²) < 4.78 is 2.90. The zero-order chi connectivity index (χ0) is 23.7. The maximum atomic E-state index is 12.2. The molecule has 0 saturated carbocycles. The molecule has 1 aromatic heterocycles. The minimum atomic E-state index is -0.0430. The van der Waals surface area contributed by atoms with Crippen molar-refractivity contribution >= 4 is 67.7 Å². The number of carbonyl (C=O) groups excluding carboxylic acids is 1. The van der Waals surface area contributed by atoms with Crippen molar-refractivity contribution in [3.63, 3.8) is 0 Å². The van der Waals surface area contributed by atoms with Gasteiger partial charge in [-0.15, -0.1) is 0 Å². The van der Waals surface area contributed by atoms with Gasteiger partial charge in [-0.1, -0.05) is 63.0 Å². The zero-order valence-electron chi connectivity index (χ0n) is 17.8. The van der Waals surface area contributed by atoms with Crippen molar-refractivity contribution in [3.8, 4) is 6.07 Å². The Bertz CT molecular complexity index is 1410. The predicted molar refractivity (Wildman–Crippen MR) is 138 cm³/mol. The van der Waals surface area contributed by atoms with E-state index in [4.69, 9.17) is 23.2 Å². The highest BCUT2D eigenvalue weighted by molar-refractivity contribution is 9.10. The van der Waals surface area contributed by atoms with Crippen molar-refractivity contribution in [3.05, 3.63) is 92.0 Å². The summed E-state index contributed by atoms with van der Waals surface area (Å²) in [4.78, 5) is 15.7. The first-order valence-corrected chi connectivity index (χ1v) is 12.3. The molecule has 0 aliphatic heterocycles. The van der Waals surface area contributed by atoms with E-state index in [0.717, 1.165) is 30.7 Å². The third kappa shape index (κ3) is 5.07. The largest absolute Gasteiger partial charge is 0.345 e. The van der Waals surface area contributed by atoms with Gasteiger partial charge in [0.1, 0.15) is 11.8 Å². The fraction of sp³-hybridized carbons (Fsp3) is 0.120.